The first-order valence-corrected chi connectivity index (χ1v) is 10.5. The number of methoxy groups -OCH3 is 3. The number of nitrogens with zero attached hydrogens (tertiary/aromatic N) is 1. The van der Waals surface area contributed by atoms with Crippen LogP contribution in [0.5, 0.6) is 17.2 Å². The molecule has 3 rings (SSSR count). The van der Waals surface area contributed by atoms with Crippen LogP contribution in [0.2, 0.25) is 0 Å². The minimum atomic E-state index is -0.700. The summed E-state index contributed by atoms with van der Waals surface area (Å²) in [6, 6.07) is 12.3. The molecule has 0 radical (unpaired) electrons. The molecule has 0 saturated carbocycles. The molecule has 176 valence electrons. The summed E-state index contributed by atoms with van der Waals surface area (Å²) in [6.45, 7) is 5.03. The van der Waals surface area contributed by atoms with Crippen LogP contribution in [-0.2, 0) is 4.74 Å². The van der Waals surface area contributed by atoms with E-state index in [9.17, 15) is 9.90 Å². The predicted octanol–water partition coefficient (Wildman–Crippen LogP) is 4.49. The van der Waals surface area contributed by atoms with Gasteiger partial charge < -0.3 is 29.4 Å². The number of nitrogens with one attached hydrogen (secondary N) is 1. The average molecular weight is 455 g/mol. The summed E-state index contributed by atoms with van der Waals surface area (Å²) >= 11 is 0. The number of rotatable bonds is 7. The van der Waals surface area contributed by atoms with Crippen LogP contribution in [0.15, 0.2) is 42.5 Å². The molecule has 8 heteroatoms. The molecule has 0 fully saturated rings. The number of hydrogen-bond donors (Lipinski definition) is 2. The second-order valence-corrected chi connectivity index (χ2v) is 8.41. The van der Waals surface area contributed by atoms with Gasteiger partial charge >= 0.3 is 6.09 Å². The molecule has 0 spiro atoms. The maximum Gasteiger partial charge on any atom is 0.408 e. The van der Waals surface area contributed by atoms with Crippen molar-refractivity contribution in [2.24, 2.45) is 0 Å². The van der Waals surface area contributed by atoms with Gasteiger partial charge in [0.25, 0.3) is 0 Å². The molecule has 1 amide bonds. The molecule has 2 aromatic carbocycles. The lowest BCUT2D eigenvalue weighted by Gasteiger charge is -2.24. The summed E-state index contributed by atoms with van der Waals surface area (Å²) in [7, 11) is 4.64. The lowest BCUT2D eigenvalue weighted by atomic mass is 9.98. The van der Waals surface area contributed by atoms with E-state index in [1.54, 1.807) is 54.2 Å². The number of pyridine rings is 1. The van der Waals surface area contributed by atoms with E-state index in [0.29, 0.717) is 34.0 Å². The highest BCUT2D eigenvalue weighted by molar-refractivity contribution is 5.86. The number of aliphatic hydroxyl groups excluding tert-OH is 1. The first kappa shape index (κ1) is 24.1. The summed E-state index contributed by atoms with van der Waals surface area (Å²) in [5.41, 5.74) is 2.10. The smallest absolute Gasteiger partial charge is 0.408 e. The van der Waals surface area contributed by atoms with Crippen molar-refractivity contribution in [2.75, 3.05) is 27.9 Å². The number of aromatic nitrogens is 1. The Labute approximate surface area is 193 Å². The SMILES string of the molecule is COc1cc(-c2cc([C@H](CO)NC(=O)OC(C)(C)C)c3ccccc3n2)cc(OC)c1OC. The zero-order valence-corrected chi connectivity index (χ0v) is 19.8. The molecule has 8 nitrogen and oxygen atoms in total. The molecule has 2 N–H and O–H groups in total. The molecule has 1 aromatic heterocycles. The second-order valence-electron chi connectivity index (χ2n) is 8.41. The Morgan fingerprint density at radius 1 is 1.03 bits per heavy atom. The van der Waals surface area contributed by atoms with Crippen molar-refractivity contribution in [3.63, 3.8) is 0 Å². The van der Waals surface area contributed by atoms with Crippen molar-refractivity contribution in [1.82, 2.24) is 10.3 Å². The lowest BCUT2D eigenvalue weighted by molar-refractivity contribution is 0.0482. The minimum absolute atomic E-state index is 0.318. The summed E-state index contributed by atoms with van der Waals surface area (Å²) in [5.74, 6) is 1.47. The van der Waals surface area contributed by atoms with Crippen molar-refractivity contribution >= 4 is 17.0 Å². The molecule has 0 aliphatic heterocycles. The van der Waals surface area contributed by atoms with Gasteiger partial charge in [-0.15, -0.1) is 0 Å². The van der Waals surface area contributed by atoms with Gasteiger partial charge in [0.1, 0.15) is 5.60 Å². The quantitative estimate of drug-likeness (QED) is 0.543. The number of carbonyl (C=O) groups excluding carboxylic acids is 1. The number of ether oxygens (including phenoxy) is 4. The maximum atomic E-state index is 12.4. The van der Waals surface area contributed by atoms with E-state index in [2.05, 4.69) is 5.32 Å². The van der Waals surface area contributed by atoms with Gasteiger partial charge in [-0.3, -0.25) is 0 Å². The van der Waals surface area contributed by atoms with Gasteiger partial charge in [0.05, 0.1) is 45.2 Å². The minimum Gasteiger partial charge on any atom is -0.493 e. The molecule has 0 bridgehead atoms. The number of carbonyl (C=O) groups is 1. The lowest BCUT2D eigenvalue weighted by Crippen LogP contribution is -2.36. The number of alkyl carbamates (subject to hydrolysis) is 1. The Kier molecular flexibility index (Phi) is 7.28. The summed E-state index contributed by atoms with van der Waals surface area (Å²) in [5, 5.41) is 13.7. The Morgan fingerprint density at radius 3 is 2.21 bits per heavy atom. The largest absolute Gasteiger partial charge is 0.493 e. The van der Waals surface area contributed by atoms with Crippen LogP contribution in [0.3, 0.4) is 0 Å². The standard InChI is InChI=1S/C25H30N2O6/c1-25(2,3)33-24(29)27-20(14-28)17-13-19(26-18-10-8-7-9-16(17)18)15-11-21(30-4)23(32-6)22(12-15)31-5/h7-13,20,28H,14H2,1-6H3,(H,27,29)/t20-/m0/s1. The van der Waals surface area contributed by atoms with Crippen LogP contribution >= 0.6 is 0 Å². The molecular formula is C25H30N2O6. The average Bonchev–Trinajstić information content (AvgIpc) is 2.79. The van der Waals surface area contributed by atoms with Crippen molar-refractivity contribution < 1.29 is 28.8 Å². The van der Waals surface area contributed by atoms with Crippen LogP contribution in [0.1, 0.15) is 32.4 Å². The van der Waals surface area contributed by atoms with Crippen molar-refractivity contribution in [2.45, 2.75) is 32.4 Å². The number of benzene rings is 2. The summed E-state index contributed by atoms with van der Waals surface area (Å²) in [4.78, 5) is 17.2. The fourth-order valence-corrected chi connectivity index (χ4v) is 3.54. The third-order valence-corrected chi connectivity index (χ3v) is 4.96. The molecular weight excluding hydrogens is 424 g/mol. The predicted molar refractivity (Wildman–Crippen MR) is 126 cm³/mol. The monoisotopic (exact) mass is 454 g/mol. The first-order chi connectivity index (χ1) is 15.7. The highest BCUT2D eigenvalue weighted by Crippen LogP contribution is 2.41. The van der Waals surface area contributed by atoms with Gasteiger partial charge in [-0.25, -0.2) is 9.78 Å². The van der Waals surface area contributed by atoms with Crippen LogP contribution in [0, 0.1) is 0 Å². The Balaban J connectivity index is 2.14. The van der Waals surface area contributed by atoms with Gasteiger partial charge in [0.2, 0.25) is 5.75 Å². The highest BCUT2D eigenvalue weighted by Gasteiger charge is 2.23. The molecule has 0 aliphatic carbocycles. The zero-order valence-electron chi connectivity index (χ0n) is 19.8. The van der Waals surface area contributed by atoms with Crippen molar-refractivity contribution in [3.05, 3.63) is 48.0 Å². The topological polar surface area (TPSA) is 99.1 Å². The highest BCUT2D eigenvalue weighted by atomic mass is 16.6. The number of fused-ring (bicyclic) bond motifs is 1. The van der Waals surface area contributed by atoms with Crippen molar-refractivity contribution in [1.29, 1.82) is 0 Å². The van der Waals surface area contributed by atoms with E-state index in [4.69, 9.17) is 23.9 Å². The van der Waals surface area contributed by atoms with Crippen molar-refractivity contribution in [3.8, 4) is 28.5 Å². The molecule has 1 atom stereocenters. The van der Waals surface area contributed by atoms with E-state index in [-0.39, 0.29) is 6.61 Å². The number of aliphatic hydroxyl groups is 1. The fraction of sp³-hybridized carbons (Fsp3) is 0.360. The zero-order chi connectivity index (χ0) is 24.2. The van der Waals surface area contributed by atoms with Crippen LogP contribution in [0.25, 0.3) is 22.2 Å². The van der Waals surface area contributed by atoms with E-state index in [0.717, 1.165) is 10.9 Å². The van der Waals surface area contributed by atoms with E-state index in [1.165, 1.54) is 0 Å². The van der Waals surface area contributed by atoms with E-state index < -0.39 is 17.7 Å². The van der Waals surface area contributed by atoms with Gasteiger partial charge in [0.15, 0.2) is 11.5 Å². The van der Waals surface area contributed by atoms with Gasteiger partial charge in [-0.2, -0.15) is 0 Å². The normalized spacial score (nSPS) is 12.2. The van der Waals surface area contributed by atoms with Gasteiger partial charge in [-0.1, -0.05) is 18.2 Å². The van der Waals surface area contributed by atoms with Crippen LogP contribution in [-0.4, -0.2) is 49.7 Å². The molecule has 3 aromatic rings. The van der Waals surface area contributed by atoms with Gasteiger partial charge in [-0.05, 0) is 50.6 Å². The maximum absolute atomic E-state index is 12.4. The van der Waals surface area contributed by atoms with E-state index >= 15 is 0 Å². The molecule has 0 saturated heterocycles. The third-order valence-electron chi connectivity index (χ3n) is 4.96. The first-order valence-electron chi connectivity index (χ1n) is 10.5. The molecule has 33 heavy (non-hydrogen) atoms. The number of amides is 1. The molecule has 0 unspecified atom stereocenters. The fourth-order valence-electron chi connectivity index (χ4n) is 3.54. The molecule has 1 heterocycles. The Morgan fingerprint density at radius 2 is 1.67 bits per heavy atom. The van der Waals surface area contributed by atoms with Gasteiger partial charge in [0, 0.05) is 10.9 Å². The summed E-state index contributed by atoms with van der Waals surface area (Å²) < 4.78 is 21.8. The third kappa shape index (κ3) is 5.46. The number of hydrogen-bond acceptors (Lipinski definition) is 7. The molecule has 0 aliphatic rings. The number of para-hydroxylation sites is 1. The van der Waals surface area contributed by atoms with E-state index in [1.807, 2.05) is 30.3 Å². The second kappa shape index (κ2) is 9.95. The Hall–Kier alpha value is -3.52. The van der Waals surface area contributed by atoms with Crippen LogP contribution < -0.4 is 19.5 Å². The summed E-state index contributed by atoms with van der Waals surface area (Å²) in [6.07, 6.45) is -0.614. The van der Waals surface area contributed by atoms with Crippen LogP contribution in [0.4, 0.5) is 4.79 Å². The Bertz CT molecular complexity index is 1110.